The van der Waals surface area contributed by atoms with E-state index in [0.717, 1.165) is 18.4 Å². The molecule has 0 unspecified atom stereocenters. The minimum absolute atomic E-state index is 0.0259. The van der Waals surface area contributed by atoms with Crippen LogP contribution in [0.5, 0.6) is 0 Å². The first-order valence-electron chi connectivity index (χ1n) is 9.59. The summed E-state index contributed by atoms with van der Waals surface area (Å²) < 4.78 is 1.21. The van der Waals surface area contributed by atoms with Gasteiger partial charge in [0, 0.05) is 0 Å². The molecule has 28 heavy (non-hydrogen) atoms. The maximum absolute atomic E-state index is 13.3. The SMILES string of the molecule is [B]\C(CCCC)=C(C(/C=C\C)=C/C=C\C)\c1c(C)nc([B])n(CC(C)=O)c1=O. The Hall–Kier alpha value is -2.36. The maximum Gasteiger partial charge on any atom is 0.261 e. The van der Waals surface area contributed by atoms with Crippen LogP contribution >= 0.6 is 0 Å². The first kappa shape index (κ1) is 23.7. The fourth-order valence-corrected chi connectivity index (χ4v) is 2.93. The normalized spacial score (nSPS) is 13.4. The van der Waals surface area contributed by atoms with Crippen molar-refractivity contribution in [2.45, 2.75) is 60.4 Å². The predicted molar refractivity (Wildman–Crippen MR) is 119 cm³/mol. The van der Waals surface area contributed by atoms with Gasteiger partial charge in [-0.3, -0.25) is 19.1 Å². The third-order valence-electron chi connectivity index (χ3n) is 4.23. The number of hydrogen-bond donors (Lipinski definition) is 0. The van der Waals surface area contributed by atoms with Gasteiger partial charge in [-0.15, -0.1) is 5.47 Å². The van der Waals surface area contributed by atoms with Crippen molar-refractivity contribution in [3.63, 3.8) is 0 Å². The molecule has 0 saturated heterocycles. The van der Waals surface area contributed by atoms with Crippen molar-refractivity contribution in [1.29, 1.82) is 0 Å². The summed E-state index contributed by atoms with van der Waals surface area (Å²) in [4.78, 5) is 29.2. The van der Waals surface area contributed by atoms with E-state index in [1.807, 2.05) is 44.2 Å². The molecule has 0 amide bonds. The topological polar surface area (TPSA) is 52.0 Å². The lowest BCUT2D eigenvalue weighted by atomic mass is 9.79. The van der Waals surface area contributed by atoms with Crippen molar-refractivity contribution in [3.05, 3.63) is 63.0 Å². The van der Waals surface area contributed by atoms with E-state index in [0.29, 0.717) is 28.7 Å². The van der Waals surface area contributed by atoms with Gasteiger partial charge in [0.25, 0.3) is 5.56 Å². The van der Waals surface area contributed by atoms with Gasteiger partial charge < -0.3 is 0 Å². The summed E-state index contributed by atoms with van der Waals surface area (Å²) in [5.41, 5.74) is 2.64. The molecule has 1 rings (SSSR count). The van der Waals surface area contributed by atoms with E-state index in [2.05, 4.69) is 11.9 Å². The van der Waals surface area contributed by atoms with Crippen LogP contribution in [-0.2, 0) is 11.3 Å². The second-order valence-corrected chi connectivity index (χ2v) is 6.68. The van der Waals surface area contributed by atoms with Crippen LogP contribution in [0.1, 0.15) is 58.2 Å². The summed E-state index contributed by atoms with van der Waals surface area (Å²) >= 11 is 0. The molecule has 1 heterocycles. The molecule has 6 heteroatoms. The number of carbonyl (C=O) groups is 1. The zero-order valence-corrected chi connectivity index (χ0v) is 17.6. The molecule has 0 aliphatic carbocycles. The minimum atomic E-state index is -0.356. The highest BCUT2D eigenvalue weighted by Crippen LogP contribution is 2.28. The summed E-state index contributed by atoms with van der Waals surface area (Å²) in [6.07, 6.45) is 12.1. The van der Waals surface area contributed by atoms with Gasteiger partial charge >= 0.3 is 0 Å². The van der Waals surface area contributed by atoms with Gasteiger partial charge in [-0.1, -0.05) is 50.1 Å². The number of unbranched alkanes of at least 4 members (excludes halogenated alkanes) is 1. The van der Waals surface area contributed by atoms with E-state index in [-0.39, 0.29) is 23.6 Å². The average molecular weight is 374 g/mol. The molecule has 4 nitrogen and oxygen atoms in total. The molecule has 0 aliphatic heterocycles. The molecule has 0 atom stereocenters. The Kier molecular flexibility index (Phi) is 9.70. The Morgan fingerprint density at radius 3 is 2.46 bits per heavy atom. The molecule has 1 aromatic rings. The number of ketones is 1. The standard InChI is InChI=1S/C22H28B2N2O2/c1-6-9-12-17(11-8-3)20(18(23)13-10-7-2)19-16(5)25-22(24)26(21(19)28)14-15(4)27/h6,8-9,11-12H,7,10,13-14H2,1-5H3/b9-6-,11-8-,17-12+,20-18+. The van der Waals surface area contributed by atoms with Crippen LogP contribution in [0.25, 0.3) is 5.57 Å². The summed E-state index contributed by atoms with van der Waals surface area (Å²) in [7, 11) is 12.4. The summed E-state index contributed by atoms with van der Waals surface area (Å²) in [6.45, 7) is 8.95. The van der Waals surface area contributed by atoms with Crippen LogP contribution in [0.4, 0.5) is 0 Å². The Labute approximate surface area is 171 Å². The van der Waals surface area contributed by atoms with E-state index < -0.39 is 0 Å². The fourth-order valence-electron chi connectivity index (χ4n) is 2.93. The molecule has 0 N–H and O–H groups in total. The lowest BCUT2D eigenvalue weighted by Gasteiger charge is -2.19. The Balaban J connectivity index is 3.90. The second kappa shape index (κ2) is 11.5. The lowest BCUT2D eigenvalue weighted by Crippen LogP contribution is -2.40. The number of allylic oxidation sites excluding steroid dienone is 8. The molecule has 144 valence electrons. The Bertz CT molecular complexity index is 891. The highest BCUT2D eigenvalue weighted by atomic mass is 16.1. The van der Waals surface area contributed by atoms with Gasteiger partial charge in [-0.05, 0) is 45.3 Å². The third-order valence-corrected chi connectivity index (χ3v) is 4.23. The fraction of sp³-hybridized carbons (Fsp3) is 0.409. The lowest BCUT2D eigenvalue weighted by molar-refractivity contribution is -0.117. The summed E-state index contributed by atoms with van der Waals surface area (Å²) in [6, 6.07) is 0. The van der Waals surface area contributed by atoms with Gasteiger partial charge in [-0.25, -0.2) is 0 Å². The van der Waals surface area contributed by atoms with Gasteiger partial charge in [0.05, 0.1) is 23.5 Å². The van der Waals surface area contributed by atoms with E-state index in [4.69, 9.17) is 15.7 Å². The van der Waals surface area contributed by atoms with E-state index in [1.165, 1.54) is 11.5 Å². The first-order valence-corrected chi connectivity index (χ1v) is 9.59. The van der Waals surface area contributed by atoms with Crippen molar-refractivity contribution >= 4 is 32.8 Å². The third kappa shape index (κ3) is 6.08. The molecule has 0 aromatic carbocycles. The summed E-state index contributed by atoms with van der Waals surface area (Å²) in [5.74, 6) is -0.173. The highest BCUT2D eigenvalue weighted by Gasteiger charge is 2.19. The van der Waals surface area contributed by atoms with Crippen LogP contribution in [0.2, 0.25) is 0 Å². The largest absolute Gasteiger partial charge is 0.298 e. The number of hydrogen-bond acceptors (Lipinski definition) is 3. The van der Waals surface area contributed by atoms with Crippen molar-refractivity contribution < 1.29 is 4.79 Å². The monoisotopic (exact) mass is 374 g/mol. The van der Waals surface area contributed by atoms with Gasteiger partial charge in [0.1, 0.15) is 13.6 Å². The van der Waals surface area contributed by atoms with Gasteiger partial charge in [0.15, 0.2) is 7.85 Å². The van der Waals surface area contributed by atoms with Crippen LogP contribution in [0.3, 0.4) is 0 Å². The number of nitrogens with zero attached hydrogens (tertiary/aromatic N) is 2. The molecule has 0 fully saturated rings. The van der Waals surface area contributed by atoms with E-state index in [9.17, 15) is 9.59 Å². The average Bonchev–Trinajstić information content (AvgIpc) is 2.63. The van der Waals surface area contributed by atoms with Crippen molar-refractivity contribution in [2.75, 3.05) is 0 Å². The highest BCUT2D eigenvalue weighted by molar-refractivity contribution is 6.29. The van der Waals surface area contributed by atoms with Crippen molar-refractivity contribution in [3.8, 4) is 0 Å². The molecule has 0 bridgehead atoms. The van der Waals surface area contributed by atoms with Crippen molar-refractivity contribution in [1.82, 2.24) is 9.55 Å². The van der Waals surface area contributed by atoms with Crippen LogP contribution in [0, 0.1) is 6.92 Å². The Morgan fingerprint density at radius 2 is 1.93 bits per heavy atom. The van der Waals surface area contributed by atoms with Crippen LogP contribution in [-0.4, -0.2) is 31.0 Å². The second-order valence-electron chi connectivity index (χ2n) is 6.68. The van der Waals surface area contributed by atoms with Crippen LogP contribution in [0.15, 0.2) is 46.2 Å². The van der Waals surface area contributed by atoms with E-state index in [1.54, 1.807) is 6.92 Å². The van der Waals surface area contributed by atoms with Crippen LogP contribution < -0.4 is 11.3 Å². The quantitative estimate of drug-likeness (QED) is 0.493. The zero-order chi connectivity index (χ0) is 21.3. The number of Topliss-reactive ketones (excluding diaryl/α,β-unsaturated/α-hetero) is 1. The molecule has 4 radical (unpaired) electrons. The maximum atomic E-state index is 13.3. The van der Waals surface area contributed by atoms with Crippen molar-refractivity contribution in [2.24, 2.45) is 0 Å². The molecule has 0 spiro atoms. The minimum Gasteiger partial charge on any atom is -0.298 e. The van der Waals surface area contributed by atoms with Gasteiger partial charge in [-0.2, -0.15) is 0 Å². The number of aryl methyl sites for hydroxylation is 1. The zero-order valence-electron chi connectivity index (χ0n) is 17.6. The Morgan fingerprint density at radius 1 is 1.25 bits per heavy atom. The molecule has 1 aromatic heterocycles. The number of carbonyl (C=O) groups excluding carboxylic acids is 1. The van der Waals surface area contributed by atoms with E-state index >= 15 is 0 Å². The molecule has 0 aliphatic rings. The molecule has 0 saturated carbocycles. The smallest absolute Gasteiger partial charge is 0.261 e. The first-order chi connectivity index (χ1) is 13.3. The number of aromatic nitrogens is 2. The summed E-state index contributed by atoms with van der Waals surface area (Å²) in [5, 5.41) is 0. The van der Waals surface area contributed by atoms with Gasteiger partial charge in [0.2, 0.25) is 0 Å². The molecular formula is C22H28B2N2O2. The predicted octanol–water partition coefficient (Wildman–Crippen LogP) is 3.08. The molecular weight excluding hydrogens is 346 g/mol. The number of rotatable bonds is 9.